The van der Waals surface area contributed by atoms with E-state index >= 15 is 0 Å². The van der Waals surface area contributed by atoms with Crippen LogP contribution in [-0.4, -0.2) is 20.8 Å². The van der Waals surface area contributed by atoms with Crippen LogP contribution in [0.2, 0.25) is 0 Å². The minimum absolute atomic E-state index is 0.169. The molecule has 0 saturated heterocycles. The molecule has 0 spiro atoms. The van der Waals surface area contributed by atoms with Crippen LogP contribution in [0, 0.1) is 5.41 Å². The zero-order valence-corrected chi connectivity index (χ0v) is 31.5. The van der Waals surface area contributed by atoms with Crippen LogP contribution in [0.5, 0.6) is 0 Å². The lowest BCUT2D eigenvalue weighted by Crippen LogP contribution is -2.12. The fraction of sp³-hybridized carbons (Fsp3) is 0. The predicted molar refractivity (Wildman–Crippen MR) is 245 cm³/mol. The summed E-state index contributed by atoms with van der Waals surface area (Å²) < 4.78 is 4.38. The number of hydrogen-bond donors (Lipinski definition) is 1. The van der Waals surface area contributed by atoms with Crippen molar-refractivity contribution in [2.75, 3.05) is 0 Å². The van der Waals surface area contributed by atoms with Crippen LogP contribution >= 0.6 is 0 Å². The molecule has 1 aliphatic rings. The Balaban J connectivity index is 1.02. The normalized spacial score (nSPS) is 14.2. The van der Waals surface area contributed by atoms with Crippen molar-refractivity contribution in [3.05, 3.63) is 217 Å². The molecule has 1 N–H and O–H groups in total. The average Bonchev–Trinajstić information content (AvgIpc) is 3.80. The van der Waals surface area contributed by atoms with Gasteiger partial charge in [-0.1, -0.05) is 164 Å². The number of nitrogens with zero attached hydrogens (tertiary/aromatic N) is 3. The first-order valence-electron chi connectivity index (χ1n) is 19.6. The first-order valence-corrected chi connectivity index (χ1v) is 19.6. The number of benzene rings is 8. The molecule has 4 nitrogen and oxygen atoms in total. The molecule has 0 aliphatic heterocycles. The molecule has 58 heavy (non-hydrogen) atoms. The molecule has 10 aromatic rings. The number of aromatic nitrogens is 2. The number of hydrogen-bond acceptors (Lipinski definition) is 1. The smallest absolute Gasteiger partial charge is 0.227 e. The zero-order chi connectivity index (χ0) is 38.6. The van der Waals surface area contributed by atoms with Crippen LogP contribution in [0.4, 0.5) is 0 Å². The third kappa shape index (κ3) is 5.54. The van der Waals surface area contributed by atoms with Crippen LogP contribution in [0.1, 0.15) is 5.56 Å². The summed E-state index contributed by atoms with van der Waals surface area (Å²) in [5.41, 5.74) is 12.8. The lowest BCUT2D eigenvalue weighted by Gasteiger charge is -2.13. The molecule has 2 aromatic heterocycles. The standard InChI is InChI=1S/C54H36N4/c55-54(56-48-24-12-7-17-40(48)33-36-15-3-1-4-16-36)58-49-25-13-10-21-43(49)44-32-31-39(34-51(44)58)37-27-29-38(30-28-37)47-35-52-53(45-22-9-8-20-42(45)47)46-23-11-14-26-50(46)57(52)41-18-5-2-6-19-41/h1-35,55H/b40-33+,55-54?,56-48?. The highest BCUT2D eigenvalue weighted by atomic mass is 15.1. The second-order valence-corrected chi connectivity index (χ2v) is 14.8. The summed E-state index contributed by atoms with van der Waals surface area (Å²) >= 11 is 0. The number of aliphatic imine (C=N–C) groups is 1. The Morgan fingerprint density at radius 1 is 0.466 bits per heavy atom. The van der Waals surface area contributed by atoms with Crippen molar-refractivity contribution < 1.29 is 0 Å². The minimum atomic E-state index is 0.169. The topological polar surface area (TPSA) is 46.1 Å². The van der Waals surface area contributed by atoms with Crippen molar-refractivity contribution in [1.82, 2.24) is 9.13 Å². The molecule has 11 rings (SSSR count). The van der Waals surface area contributed by atoms with Crippen molar-refractivity contribution in [2.45, 2.75) is 0 Å². The van der Waals surface area contributed by atoms with E-state index in [-0.39, 0.29) is 5.96 Å². The second kappa shape index (κ2) is 13.7. The summed E-state index contributed by atoms with van der Waals surface area (Å²) in [5, 5.41) is 16.6. The van der Waals surface area contributed by atoms with Crippen molar-refractivity contribution in [3.63, 3.8) is 0 Å². The molecule has 272 valence electrons. The van der Waals surface area contributed by atoms with E-state index in [4.69, 9.17) is 4.99 Å². The van der Waals surface area contributed by atoms with Gasteiger partial charge in [-0.15, -0.1) is 0 Å². The summed E-state index contributed by atoms with van der Waals surface area (Å²) in [6.45, 7) is 0. The Hall–Kier alpha value is -7.82. The monoisotopic (exact) mass is 740 g/mol. The number of fused-ring (bicyclic) bond motifs is 8. The Labute approximate surface area is 335 Å². The molecule has 8 aromatic carbocycles. The minimum Gasteiger partial charge on any atom is -0.309 e. The maximum Gasteiger partial charge on any atom is 0.227 e. The SMILES string of the molecule is N=C(N=C1C=CC=C/C1=C\c1ccccc1)n1c2ccccc2c2ccc(-c3ccc(-c4cc5c(c6ccccc46)c4ccccc4n5-c4ccccc4)cc3)cc21. The average molecular weight is 741 g/mol. The third-order valence-electron chi connectivity index (χ3n) is 11.4. The summed E-state index contributed by atoms with van der Waals surface area (Å²) in [4.78, 5) is 4.94. The Kier molecular flexibility index (Phi) is 7.93. The van der Waals surface area contributed by atoms with Crippen LogP contribution in [0.3, 0.4) is 0 Å². The van der Waals surface area contributed by atoms with Crippen LogP contribution < -0.4 is 0 Å². The first-order chi connectivity index (χ1) is 28.7. The first kappa shape index (κ1) is 33.5. The highest BCUT2D eigenvalue weighted by molar-refractivity contribution is 6.24. The van der Waals surface area contributed by atoms with Crippen LogP contribution in [-0.2, 0) is 0 Å². The molecule has 2 heterocycles. The van der Waals surface area contributed by atoms with E-state index in [1.54, 1.807) is 0 Å². The van der Waals surface area contributed by atoms with E-state index in [1.165, 1.54) is 38.1 Å². The van der Waals surface area contributed by atoms with Crippen molar-refractivity contribution in [2.24, 2.45) is 4.99 Å². The Morgan fingerprint density at radius 3 is 1.86 bits per heavy atom. The van der Waals surface area contributed by atoms with Crippen molar-refractivity contribution in [1.29, 1.82) is 5.41 Å². The van der Waals surface area contributed by atoms with E-state index in [0.29, 0.717) is 0 Å². The second-order valence-electron chi connectivity index (χ2n) is 14.8. The fourth-order valence-electron chi connectivity index (χ4n) is 8.75. The zero-order valence-electron chi connectivity index (χ0n) is 31.5. The highest BCUT2D eigenvalue weighted by Crippen LogP contribution is 2.42. The number of allylic oxidation sites excluding steroid dienone is 5. The van der Waals surface area contributed by atoms with Crippen LogP contribution in [0.25, 0.3) is 88.4 Å². The van der Waals surface area contributed by atoms with E-state index in [9.17, 15) is 5.41 Å². The molecule has 0 fully saturated rings. The van der Waals surface area contributed by atoms with Gasteiger partial charge in [-0.25, -0.2) is 4.99 Å². The lowest BCUT2D eigenvalue weighted by molar-refractivity contribution is 1.18. The molecule has 0 atom stereocenters. The number of rotatable bonds is 4. The van der Waals surface area contributed by atoms with E-state index in [2.05, 4.69) is 174 Å². The van der Waals surface area contributed by atoms with Gasteiger partial charge in [0.25, 0.3) is 0 Å². The van der Waals surface area contributed by atoms with Crippen molar-refractivity contribution >= 4 is 72.1 Å². The number of nitrogens with one attached hydrogen (secondary N) is 1. The van der Waals surface area contributed by atoms with Gasteiger partial charge >= 0.3 is 0 Å². The van der Waals surface area contributed by atoms with Gasteiger partial charge in [0, 0.05) is 32.8 Å². The summed E-state index contributed by atoms with van der Waals surface area (Å²) in [7, 11) is 0. The van der Waals surface area contributed by atoms with Gasteiger partial charge in [-0.3, -0.25) is 9.98 Å². The lowest BCUT2D eigenvalue weighted by atomic mass is 9.93. The molecule has 0 bridgehead atoms. The number of para-hydroxylation sites is 3. The predicted octanol–water partition coefficient (Wildman–Crippen LogP) is 13.8. The fourth-order valence-corrected chi connectivity index (χ4v) is 8.75. The maximum atomic E-state index is 9.43. The summed E-state index contributed by atoms with van der Waals surface area (Å²) in [6, 6.07) is 64.6. The molecule has 4 heteroatoms. The van der Waals surface area contributed by atoms with E-state index in [1.807, 2.05) is 47.1 Å². The maximum absolute atomic E-state index is 9.43. The molecule has 0 radical (unpaired) electrons. The van der Waals surface area contributed by atoms with E-state index < -0.39 is 0 Å². The summed E-state index contributed by atoms with van der Waals surface area (Å²) in [6.07, 6.45) is 10.1. The van der Waals surface area contributed by atoms with Gasteiger partial charge in [0.2, 0.25) is 5.96 Å². The third-order valence-corrected chi connectivity index (χ3v) is 11.4. The van der Waals surface area contributed by atoms with Gasteiger partial charge in [0.1, 0.15) is 0 Å². The van der Waals surface area contributed by atoms with Gasteiger partial charge in [0.15, 0.2) is 0 Å². The van der Waals surface area contributed by atoms with Crippen molar-refractivity contribution in [3.8, 4) is 27.9 Å². The summed E-state index contributed by atoms with van der Waals surface area (Å²) in [5.74, 6) is 0.169. The molecule has 0 saturated carbocycles. The van der Waals surface area contributed by atoms with Crippen LogP contribution in [0.15, 0.2) is 217 Å². The Bertz CT molecular complexity index is 3370. The molecular weight excluding hydrogens is 705 g/mol. The van der Waals surface area contributed by atoms with E-state index in [0.717, 1.165) is 61.0 Å². The van der Waals surface area contributed by atoms with Gasteiger partial charge in [-0.05, 0) is 87.1 Å². The highest BCUT2D eigenvalue weighted by Gasteiger charge is 2.19. The largest absolute Gasteiger partial charge is 0.309 e. The van der Waals surface area contributed by atoms with Gasteiger partial charge in [0.05, 0.1) is 27.8 Å². The quantitative estimate of drug-likeness (QED) is 0.138. The Morgan fingerprint density at radius 2 is 1.07 bits per heavy atom. The molecule has 0 unspecified atom stereocenters. The van der Waals surface area contributed by atoms with Gasteiger partial charge < -0.3 is 4.57 Å². The molecule has 1 aliphatic carbocycles. The molecular formula is C54H36N4. The molecule has 0 amide bonds. The van der Waals surface area contributed by atoms with Gasteiger partial charge in [-0.2, -0.15) is 0 Å².